The first-order chi connectivity index (χ1) is 6.00. The van der Waals surface area contributed by atoms with Gasteiger partial charge in [-0.2, -0.15) is 0 Å². The Bertz CT molecular complexity index is 329. The molecule has 0 amide bonds. The number of carboxylic acid groups (broad SMARTS) is 1. The van der Waals surface area contributed by atoms with Gasteiger partial charge in [0, 0.05) is 6.42 Å². The Hall–Kier alpha value is -0.000000000000000111. The Morgan fingerprint density at radius 3 is 2.57 bits per heavy atom. The lowest BCUT2D eigenvalue weighted by Gasteiger charge is -2.03. The summed E-state index contributed by atoms with van der Waals surface area (Å²) in [7, 11) is 0. The monoisotopic (exact) mass is 275 g/mol. The third-order valence-electron chi connectivity index (χ3n) is 1.48. The minimum Gasteiger partial charge on any atom is -0.480 e. The Labute approximate surface area is 101 Å². The molecule has 0 radical (unpaired) electrons. The summed E-state index contributed by atoms with van der Waals surface area (Å²) in [6.45, 7) is 0. The number of nitrogens with two attached hydrogens (primary N) is 1. The lowest BCUT2D eigenvalue weighted by atomic mass is 10.1. The van der Waals surface area contributed by atoms with Gasteiger partial charge in [-0.05, 0) is 11.6 Å². The maximum atomic E-state index is 10.4. The van der Waals surface area contributed by atoms with E-state index in [4.69, 9.17) is 34.0 Å². The molecule has 1 heterocycles. The predicted molar refractivity (Wildman–Crippen MR) is 60.9 cm³/mol. The summed E-state index contributed by atoms with van der Waals surface area (Å²) in [5.41, 5.74) is 6.02. The maximum absolute atomic E-state index is 10.4. The zero-order valence-corrected chi connectivity index (χ0v) is 10.0. The van der Waals surface area contributed by atoms with Crippen molar-refractivity contribution in [2.45, 2.75) is 12.5 Å². The van der Waals surface area contributed by atoms with Gasteiger partial charge in [0.25, 0.3) is 0 Å². The van der Waals surface area contributed by atoms with Crippen LogP contribution in [0.2, 0.25) is 8.67 Å². The van der Waals surface area contributed by atoms with Crippen LogP contribution in [0.4, 0.5) is 0 Å². The highest BCUT2D eigenvalue weighted by molar-refractivity contribution is 7.20. The third kappa shape index (κ3) is 3.63. The standard InChI is InChI=1S/C7H7Cl2NO2S.ClH/c8-5-2-3(6(9)13-5)1-4(10)7(11)12;/h2,4H,1,10H2,(H,11,12);1H. The van der Waals surface area contributed by atoms with Crippen molar-refractivity contribution < 1.29 is 9.90 Å². The zero-order valence-electron chi connectivity index (χ0n) is 6.87. The second kappa shape index (κ2) is 5.78. The lowest BCUT2D eigenvalue weighted by Crippen LogP contribution is -2.32. The van der Waals surface area contributed by atoms with Crippen molar-refractivity contribution in [1.82, 2.24) is 0 Å². The number of thiophene rings is 1. The van der Waals surface area contributed by atoms with Crippen LogP contribution in [0.3, 0.4) is 0 Å². The molecule has 80 valence electrons. The van der Waals surface area contributed by atoms with E-state index >= 15 is 0 Å². The van der Waals surface area contributed by atoms with Crippen molar-refractivity contribution in [3.05, 3.63) is 20.3 Å². The highest BCUT2D eigenvalue weighted by Gasteiger charge is 2.15. The minimum atomic E-state index is -1.04. The van der Waals surface area contributed by atoms with E-state index in [0.717, 1.165) is 0 Å². The number of rotatable bonds is 3. The van der Waals surface area contributed by atoms with Gasteiger partial charge in [0.2, 0.25) is 0 Å². The van der Waals surface area contributed by atoms with E-state index in [1.54, 1.807) is 6.07 Å². The summed E-state index contributed by atoms with van der Waals surface area (Å²) in [4.78, 5) is 10.4. The first-order valence-corrected chi connectivity index (χ1v) is 5.00. The van der Waals surface area contributed by atoms with E-state index in [1.807, 2.05) is 0 Å². The van der Waals surface area contributed by atoms with Crippen LogP contribution in [0.15, 0.2) is 6.07 Å². The molecule has 0 aliphatic rings. The molecule has 3 N–H and O–H groups in total. The molecule has 0 saturated heterocycles. The summed E-state index contributed by atoms with van der Waals surface area (Å²) >= 11 is 12.7. The van der Waals surface area contributed by atoms with Crippen LogP contribution in [0, 0.1) is 0 Å². The van der Waals surface area contributed by atoms with Gasteiger partial charge in [0.1, 0.15) is 6.04 Å². The minimum absolute atomic E-state index is 0. The number of hydrogen-bond acceptors (Lipinski definition) is 3. The molecule has 0 spiro atoms. The van der Waals surface area contributed by atoms with Gasteiger partial charge in [-0.1, -0.05) is 23.2 Å². The molecule has 3 nitrogen and oxygen atoms in total. The van der Waals surface area contributed by atoms with Gasteiger partial charge in [-0.15, -0.1) is 23.7 Å². The number of halogens is 3. The van der Waals surface area contributed by atoms with Crippen molar-refractivity contribution >= 4 is 52.9 Å². The quantitative estimate of drug-likeness (QED) is 0.891. The van der Waals surface area contributed by atoms with Crippen molar-refractivity contribution in [3.8, 4) is 0 Å². The summed E-state index contributed by atoms with van der Waals surface area (Å²) < 4.78 is 1.04. The van der Waals surface area contributed by atoms with Gasteiger partial charge < -0.3 is 10.8 Å². The summed E-state index contributed by atoms with van der Waals surface area (Å²) in [5, 5.41) is 8.54. The van der Waals surface area contributed by atoms with Gasteiger partial charge >= 0.3 is 5.97 Å². The van der Waals surface area contributed by atoms with Gasteiger partial charge in [0.15, 0.2) is 0 Å². The van der Waals surface area contributed by atoms with Crippen LogP contribution in [0.25, 0.3) is 0 Å². The van der Waals surface area contributed by atoms with Crippen LogP contribution < -0.4 is 5.73 Å². The first-order valence-electron chi connectivity index (χ1n) is 3.43. The number of carbonyl (C=O) groups is 1. The van der Waals surface area contributed by atoms with E-state index < -0.39 is 12.0 Å². The maximum Gasteiger partial charge on any atom is 0.320 e. The fourth-order valence-corrected chi connectivity index (χ4v) is 2.35. The van der Waals surface area contributed by atoms with E-state index in [0.29, 0.717) is 14.2 Å². The average molecular weight is 277 g/mol. The molecule has 1 aromatic heterocycles. The molecular weight excluding hydrogens is 269 g/mol. The zero-order chi connectivity index (χ0) is 10.0. The normalized spacial score (nSPS) is 11.9. The van der Waals surface area contributed by atoms with Crippen molar-refractivity contribution in [2.24, 2.45) is 5.73 Å². The highest BCUT2D eigenvalue weighted by Crippen LogP contribution is 2.31. The molecule has 1 aromatic rings. The summed E-state index contributed by atoms with van der Waals surface area (Å²) in [6.07, 6.45) is 0.206. The van der Waals surface area contributed by atoms with Gasteiger partial charge in [-0.3, -0.25) is 4.79 Å². The fraction of sp³-hybridized carbons (Fsp3) is 0.286. The molecule has 0 saturated carbocycles. The van der Waals surface area contributed by atoms with E-state index in [9.17, 15) is 4.79 Å². The molecule has 1 rings (SSSR count). The SMILES string of the molecule is Cl.NC(Cc1cc(Cl)sc1Cl)C(=O)O. The Balaban J connectivity index is 0.00000169. The third-order valence-corrected chi connectivity index (χ3v) is 3.05. The molecule has 1 unspecified atom stereocenters. The van der Waals surface area contributed by atoms with Crippen LogP contribution in [-0.2, 0) is 11.2 Å². The second-order valence-corrected chi connectivity index (χ2v) is 4.78. The van der Waals surface area contributed by atoms with E-state index in [-0.39, 0.29) is 18.8 Å². The highest BCUT2D eigenvalue weighted by atomic mass is 35.5. The van der Waals surface area contributed by atoms with E-state index in [2.05, 4.69) is 0 Å². The topological polar surface area (TPSA) is 63.3 Å². The van der Waals surface area contributed by atoms with Crippen molar-refractivity contribution in [3.63, 3.8) is 0 Å². The average Bonchev–Trinajstić information content (AvgIpc) is 2.30. The van der Waals surface area contributed by atoms with E-state index in [1.165, 1.54) is 11.3 Å². The molecule has 0 aliphatic carbocycles. The van der Waals surface area contributed by atoms with Gasteiger partial charge in [0.05, 0.1) is 8.67 Å². The molecule has 0 aliphatic heterocycles. The van der Waals surface area contributed by atoms with Crippen molar-refractivity contribution in [1.29, 1.82) is 0 Å². The summed E-state index contributed by atoms with van der Waals surface area (Å²) in [6, 6.07) is 0.709. The van der Waals surface area contributed by atoms with Gasteiger partial charge in [-0.25, -0.2) is 0 Å². The van der Waals surface area contributed by atoms with Crippen LogP contribution >= 0.6 is 46.9 Å². The Morgan fingerprint density at radius 2 is 2.21 bits per heavy atom. The largest absolute Gasteiger partial charge is 0.480 e. The Kier molecular flexibility index (Phi) is 5.78. The predicted octanol–water partition coefficient (Wildman–Crippen LogP) is 2.43. The molecule has 0 fully saturated rings. The fourth-order valence-electron chi connectivity index (χ4n) is 0.838. The molecule has 0 bridgehead atoms. The van der Waals surface area contributed by atoms with Crippen LogP contribution in [-0.4, -0.2) is 17.1 Å². The molecule has 7 heteroatoms. The molecule has 1 atom stereocenters. The molecule has 14 heavy (non-hydrogen) atoms. The molecular formula is C7H8Cl3NO2S. The van der Waals surface area contributed by atoms with Crippen LogP contribution in [0.5, 0.6) is 0 Å². The number of aliphatic carboxylic acids is 1. The smallest absolute Gasteiger partial charge is 0.320 e. The second-order valence-electron chi connectivity index (χ2n) is 2.50. The lowest BCUT2D eigenvalue weighted by molar-refractivity contribution is -0.138. The number of carboxylic acids is 1. The Morgan fingerprint density at radius 1 is 1.64 bits per heavy atom. The first kappa shape index (κ1) is 14.0. The summed E-state index contributed by atoms with van der Waals surface area (Å²) in [5.74, 6) is -1.04. The van der Waals surface area contributed by atoms with Crippen molar-refractivity contribution in [2.75, 3.05) is 0 Å². The number of hydrogen-bond donors (Lipinski definition) is 2. The van der Waals surface area contributed by atoms with Crippen LogP contribution in [0.1, 0.15) is 5.56 Å². The molecule has 0 aromatic carbocycles.